The Labute approximate surface area is 89.5 Å². The minimum absolute atomic E-state index is 0.0350. The lowest BCUT2D eigenvalue weighted by Crippen LogP contribution is -2.31. The lowest BCUT2D eigenvalue weighted by atomic mass is 9.93. The summed E-state index contributed by atoms with van der Waals surface area (Å²) in [5, 5.41) is 0. The fourth-order valence-electron chi connectivity index (χ4n) is 3.24. The molecule has 0 amide bonds. The number of benzene rings is 1. The summed E-state index contributed by atoms with van der Waals surface area (Å²) in [6.45, 7) is 0. The van der Waals surface area contributed by atoms with E-state index in [9.17, 15) is 4.39 Å². The van der Waals surface area contributed by atoms with Gasteiger partial charge < -0.3 is 5.73 Å². The molecule has 2 N–H and O–H groups in total. The van der Waals surface area contributed by atoms with Crippen LogP contribution < -0.4 is 5.73 Å². The van der Waals surface area contributed by atoms with Crippen molar-refractivity contribution in [3.63, 3.8) is 0 Å². The van der Waals surface area contributed by atoms with E-state index in [-0.39, 0.29) is 11.9 Å². The van der Waals surface area contributed by atoms with Crippen LogP contribution in [-0.2, 0) is 12.8 Å². The summed E-state index contributed by atoms with van der Waals surface area (Å²) in [6.07, 6.45) is 4.23. The van der Waals surface area contributed by atoms with Gasteiger partial charge in [-0.1, -0.05) is 12.1 Å². The molecular formula is C13H16FN. The molecule has 2 aliphatic rings. The molecule has 1 aromatic carbocycles. The minimum atomic E-state index is -0.0350. The van der Waals surface area contributed by atoms with E-state index in [0.717, 1.165) is 18.4 Å². The lowest BCUT2D eigenvalue weighted by molar-refractivity contribution is 0.419. The van der Waals surface area contributed by atoms with Crippen LogP contribution in [0.1, 0.15) is 24.0 Å². The second-order valence-corrected chi connectivity index (χ2v) is 4.96. The van der Waals surface area contributed by atoms with E-state index in [0.29, 0.717) is 11.8 Å². The summed E-state index contributed by atoms with van der Waals surface area (Å²) < 4.78 is 13.7. The quantitative estimate of drug-likeness (QED) is 0.691. The van der Waals surface area contributed by atoms with E-state index in [4.69, 9.17) is 5.73 Å². The summed E-state index contributed by atoms with van der Waals surface area (Å²) in [4.78, 5) is 0. The molecule has 1 fully saturated rings. The van der Waals surface area contributed by atoms with Crippen molar-refractivity contribution in [1.29, 1.82) is 0 Å². The maximum atomic E-state index is 13.7. The van der Waals surface area contributed by atoms with Crippen molar-refractivity contribution in [2.45, 2.75) is 31.7 Å². The summed E-state index contributed by atoms with van der Waals surface area (Å²) in [5.41, 5.74) is 8.31. The third kappa shape index (κ3) is 1.39. The van der Waals surface area contributed by atoms with Crippen molar-refractivity contribution >= 4 is 0 Å². The Morgan fingerprint density at radius 1 is 1.13 bits per heavy atom. The highest BCUT2D eigenvalue weighted by atomic mass is 19.1. The van der Waals surface area contributed by atoms with Gasteiger partial charge in [0.05, 0.1) is 0 Å². The first-order valence-corrected chi connectivity index (χ1v) is 5.77. The predicted octanol–water partition coefficient (Wildman–Crippen LogP) is 2.28. The molecule has 2 aliphatic carbocycles. The van der Waals surface area contributed by atoms with Crippen molar-refractivity contribution < 1.29 is 4.39 Å². The van der Waals surface area contributed by atoms with Crippen LogP contribution in [0.15, 0.2) is 18.2 Å². The van der Waals surface area contributed by atoms with E-state index in [1.807, 2.05) is 6.07 Å². The molecule has 3 rings (SSSR count). The Kier molecular flexibility index (Phi) is 2.06. The van der Waals surface area contributed by atoms with E-state index in [1.54, 1.807) is 6.07 Å². The Hall–Kier alpha value is -0.890. The Bertz CT molecular complexity index is 388. The van der Waals surface area contributed by atoms with Crippen LogP contribution in [0.2, 0.25) is 0 Å². The monoisotopic (exact) mass is 205 g/mol. The minimum Gasteiger partial charge on any atom is -0.327 e. The largest absolute Gasteiger partial charge is 0.327 e. The van der Waals surface area contributed by atoms with E-state index in [2.05, 4.69) is 6.07 Å². The van der Waals surface area contributed by atoms with Gasteiger partial charge in [-0.25, -0.2) is 4.39 Å². The SMILES string of the molecule is NC1C2CCC1Cc1c(F)cccc1C2. The summed E-state index contributed by atoms with van der Waals surface area (Å²) in [5.74, 6) is 1.05. The van der Waals surface area contributed by atoms with Gasteiger partial charge in [0, 0.05) is 6.04 Å². The molecule has 2 bridgehead atoms. The normalized spacial score (nSPS) is 33.6. The first-order chi connectivity index (χ1) is 7.25. The molecule has 0 radical (unpaired) electrons. The van der Waals surface area contributed by atoms with E-state index >= 15 is 0 Å². The van der Waals surface area contributed by atoms with Gasteiger partial charge in [0.2, 0.25) is 0 Å². The maximum Gasteiger partial charge on any atom is 0.126 e. The molecule has 15 heavy (non-hydrogen) atoms. The lowest BCUT2D eigenvalue weighted by Gasteiger charge is -2.15. The van der Waals surface area contributed by atoms with E-state index < -0.39 is 0 Å². The van der Waals surface area contributed by atoms with Crippen LogP contribution in [-0.4, -0.2) is 6.04 Å². The highest BCUT2D eigenvalue weighted by molar-refractivity contribution is 5.32. The molecule has 0 heterocycles. The number of halogens is 1. The molecule has 3 atom stereocenters. The molecule has 0 spiro atoms. The van der Waals surface area contributed by atoms with Gasteiger partial charge in [-0.2, -0.15) is 0 Å². The zero-order valence-corrected chi connectivity index (χ0v) is 8.75. The molecular weight excluding hydrogens is 189 g/mol. The number of rotatable bonds is 0. The van der Waals surface area contributed by atoms with Crippen LogP contribution in [0.4, 0.5) is 4.39 Å². The first-order valence-electron chi connectivity index (χ1n) is 5.77. The van der Waals surface area contributed by atoms with Gasteiger partial charge in [0.1, 0.15) is 5.82 Å². The summed E-state index contributed by atoms with van der Waals surface area (Å²) >= 11 is 0. The predicted molar refractivity (Wildman–Crippen MR) is 58.0 cm³/mol. The topological polar surface area (TPSA) is 26.0 Å². The molecule has 0 aromatic heterocycles. The second-order valence-electron chi connectivity index (χ2n) is 4.96. The average molecular weight is 205 g/mol. The molecule has 0 saturated heterocycles. The molecule has 2 heteroatoms. The van der Waals surface area contributed by atoms with Gasteiger partial charge in [0.25, 0.3) is 0 Å². The van der Waals surface area contributed by atoms with Crippen LogP contribution in [0.3, 0.4) is 0 Å². The smallest absolute Gasteiger partial charge is 0.126 e. The highest BCUT2D eigenvalue weighted by Gasteiger charge is 2.37. The van der Waals surface area contributed by atoms with Crippen LogP contribution >= 0.6 is 0 Å². The Morgan fingerprint density at radius 3 is 2.67 bits per heavy atom. The summed E-state index contributed by atoms with van der Waals surface area (Å²) in [7, 11) is 0. The Balaban J connectivity index is 2.06. The van der Waals surface area contributed by atoms with Crippen LogP contribution in [0.25, 0.3) is 0 Å². The van der Waals surface area contributed by atoms with Crippen molar-refractivity contribution in [2.24, 2.45) is 17.6 Å². The highest BCUT2D eigenvalue weighted by Crippen LogP contribution is 2.39. The number of fused-ring (bicyclic) bond motifs is 3. The number of hydrogen-bond donors (Lipinski definition) is 1. The van der Waals surface area contributed by atoms with Crippen molar-refractivity contribution in [2.75, 3.05) is 0 Å². The Morgan fingerprint density at radius 2 is 1.87 bits per heavy atom. The van der Waals surface area contributed by atoms with Gasteiger partial charge >= 0.3 is 0 Å². The fourth-order valence-corrected chi connectivity index (χ4v) is 3.24. The van der Waals surface area contributed by atoms with Crippen LogP contribution in [0, 0.1) is 17.7 Å². The maximum absolute atomic E-state index is 13.7. The van der Waals surface area contributed by atoms with Gasteiger partial charge in [-0.3, -0.25) is 0 Å². The zero-order chi connectivity index (χ0) is 10.4. The first kappa shape index (κ1) is 9.34. The van der Waals surface area contributed by atoms with Crippen LogP contribution in [0.5, 0.6) is 0 Å². The fraction of sp³-hybridized carbons (Fsp3) is 0.538. The molecule has 1 nitrogen and oxygen atoms in total. The second kappa shape index (κ2) is 3.31. The molecule has 1 aromatic rings. The zero-order valence-electron chi connectivity index (χ0n) is 8.75. The van der Waals surface area contributed by atoms with Crippen molar-refractivity contribution in [1.82, 2.24) is 0 Å². The van der Waals surface area contributed by atoms with E-state index in [1.165, 1.54) is 18.4 Å². The van der Waals surface area contributed by atoms with Gasteiger partial charge in [-0.15, -0.1) is 0 Å². The standard InChI is InChI=1S/C13H16FN/c14-12-3-1-2-8-6-9-4-5-10(13(9)15)7-11(8)12/h1-3,9-10,13H,4-7,15H2. The number of nitrogens with two attached hydrogens (primary N) is 1. The third-order valence-electron chi connectivity index (χ3n) is 4.16. The molecule has 1 saturated carbocycles. The summed E-state index contributed by atoms with van der Waals surface area (Å²) in [6, 6.07) is 5.74. The van der Waals surface area contributed by atoms with Gasteiger partial charge in [-0.05, 0) is 54.7 Å². The van der Waals surface area contributed by atoms with Gasteiger partial charge in [0.15, 0.2) is 0 Å². The molecule has 80 valence electrons. The van der Waals surface area contributed by atoms with Crippen molar-refractivity contribution in [3.8, 4) is 0 Å². The number of hydrogen-bond acceptors (Lipinski definition) is 1. The molecule has 3 unspecified atom stereocenters. The molecule has 0 aliphatic heterocycles. The van der Waals surface area contributed by atoms with Crippen molar-refractivity contribution in [3.05, 3.63) is 35.1 Å². The average Bonchev–Trinajstić information content (AvgIpc) is 2.43. The third-order valence-corrected chi connectivity index (χ3v) is 4.16.